The van der Waals surface area contributed by atoms with Gasteiger partial charge < -0.3 is 4.74 Å². The van der Waals surface area contributed by atoms with Gasteiger partial charge in [-0.05, 0) is 41.3 Å². The van der Waals surface area contributed by atoms with Crippen LogP contribution >= 0.6 is 0 Å². The number of halogens is 1. The van der Waals surface area contributed by atoms with Crippen molar-refractivity contribution >= 4 is 16.0 Å². The second-order valence-electron chi connectivity index (χ2n) is 6.27. The second-order valence-corrected chi connectivity index (χ2v) is 8.32. The van der Waals surface area contributed by atoms with Crippen LogP contribution in [0.5, 0.6) is 0 Å². The summed E-state index contributed by atoms with van der Waals surface area (Å²) in [5.41, 5.74) is 2.01. The number of rotatable bonds is 7. The summed E-state index contributed by atoms with van der Waals surface area (Å²) in [6.07, 6.45) is 0. The summed E-state index contributed by atoms with van der Waals surface area (Å²) in [6.45, 7) is 3.82. The SMILES string of the molecule is CC(C)c1ccc(COC(=O)CN(C)S(=O)(=O)c2ccc(F)cc2)cc1. The third-order valence-corrected chi connectivity index (χ3v) is 5.74. The van der Waals surface area contributed by atoms with Gasteiger partial charge in [0.2, 0.25) is 10.0 Å². The summed E-state index contributed by atoms with van der Waals surface area (Å²) in [4.78, 5) is 11.9. The van der Waals surface area contributed by atoms with E-state index >= 15 is 0 Å². The van der Waals surface area contributed by atoms with E-state index in [0.29, 0.717) is 5.92 Å². The van der Waals surface area contributed by atoms with Gasteiger partial charge in [-0.15, -0.1) is 0 Å². The van der Waals surface area contributed by atoms with Crippen LogP contribution in [0.25, 0.3) is 0 Å². The molecule has 0 saturated heterocycles. The molecule has 0 spiro atoms. The molecule has 0 aliphatic rings. The van der Waals surface area contributed by atoms with E-state index in [9.17, 15) is 17.6 Å². The Labute approximate surface area is 153 Å². The second kappa shape index (κ2) is 8.42. The fourth-order valence-corrected chi connectivity index (χ4v) is 3.38. The van der Waals surface area contributed by atoms with Crippen molar-refractivity contribution in [1.29, 1.82) is 0 Å². The van der Waals surface area contributed by atoms with Crippen LogP contribution in [-0.2, 0) is 26.2 Å². The molecule has 26 heavy (non-hydrogen) atoms. The summed E-state index contributed by atoms with van der Waals surface area (Å²) in [6, 6.07) is 12.1. The maximum absolute atomic E-state index is 12.9. The molecule has 0 N–H and O–H groups in total. The molecule has 2 aromatic carbocycles. The van der Waals surface area contributed by atoms with Crippen LogP contribution < -0.4 is 0 Å². The van der Waals surface area contributed by atoms with Crippen LogP contribution in [0, 0.1) is 5.82 Å². The topological polar surface area (TPSA) is 63.7 Å². The van der Waals surface area contributed by atoms with Gasteiger partial charge in [0, 0.05) is 7.05 Å². The minimum absolute atomic E-state index is 0.0711. The fraction of sp³-hybridized carbons (Fsp3) is 0.316. The number of sulfonamides is 1. The quantitative estimate of drug-likeness (QED) is 0.693. The number of ether oxygens (including phenoxy) is 1. The Morgan fingerprint density at radius 1 is 1.08 bits per heavy atom. The summed E-state index contributed by atoms with van der Waals surface area (Å²) in [5.74, 6) is -0.780. The standard InChI is InChI=1S/C19H22FNO4S/c1-14(2)16-6-4-15(5-7-16)13-25-19(22)12-21(3)26(23,24)18-10-8-17(20)9-11-18/h4-11,14H,12-13H2,1-3H3. The molecular formula is C19H22FNO4S. The van der Waals surface area contributed by atoms with Crippen molar-refractivity contribution in [1.82, 2.24) is 4.31 Å². The number of carbonyl (C=O) groups is 1. The number of esters is 1. The third kappa shape index (κ3) is 5.12. The lowest BCUT2D eigenvalue weighted by molar-refractivity contribution is -0.144. The average Bonchev–Trinajstić information content (AvgIpc) is 2.60. The summed E-state index contributed by atoms with van der Waals surface area (Å²) in [7, 11) is -2.61. The number of nitrogens with zero attached hydrogens (tertiary/aromatic N) is 1. The number of hydrogen-bond donors (Lipinski definition) is 0. The zero-order valence-electron chi connectivity index (χ0n) is 15.0. The summed E-state index contributed by atoms with van der Waals surface area (Å²) in [5, 5.41) is 0. The van der Waals surface area contributed by atoms with Crippen LogP contribution in [0.2, 0.25) is 0 Å². The van der Waals surface area contributed by atoms with E-state index < -0.39 is 28.4 Å². The van der Waals surface area contributed by atoms with Crippen molar-refractivity contribution < 1.29 is 22.3 Å². The van der Waals surface area contributed by atoms with E-state index in [0.717, 1.165) is 34.1 Å². The van der Waals surface area contributed by atoms with Gasteiger partial charge in [-0.2, -0.15) is 4.31 Å². The molecule has 7 heteroatoms. The fourth-order valence-electron chi connectivity index (χ4n) is 2.26. The number of carbonyl (C=O) groups excluding carboxylic acids is 1. The molecule has 0 saturated carbocycles. The van der Waals surface area contributed by atoms with E-state index in [1.165, 1.54) is 12.6 Å². The maximum atomic E-state index is 12.9. The highest BCUT2D eigenvalue weighted by Crippen LogP contribution is 2.16. The number of benzene rings is 2. The van der Waals surface area contributed by atoms with Crippen LogP contribution in [0.1, 0.15) is 30.9 Å². The van der Waals surface area contributed by atoms with Crippen LogP contribution in [-0.4, -0.2) is 32.3 Å². The lowest BCUT2D eigenvalue weighted by atomic mass is 10.0. The van der Waals surface area contributed by atoms with E-state index in [-0.39, 0.29) is 11.5 Å². The molecule has 0 aliphatic heterocycles. The largest absolute Gasteiger partial charge is 0.460 e. The van der Waals surface area contributed by atoms with E-state index in [1.54, 1.807) is 0 Å². The van der Waals surface area contributed by atoms with Gasteiger partial charge in [-0.3, -0.25) is 4.79 Å². The Hall–Kier alpha value is -2.25. The average molecular weight is 379 g/mol. The zero-order valence-corrected chi connectivity index (χ0v) is 15.8. The first-order valence-corrected chi connectivity index (χ1v) is 9.60. The van der Waals surface area contributed by atoms with Crippen molar-refractivity contribution in [2.24, 2.45) is 0 Å². The van der Waals surface area contributed by atoms with Crippen molar-refractivity contribution in [3.05, 3.63) is 65.5 Å². The van der Waals surface area contributed by atoms with E-state index in [1.807, 2.05) is 24.3 Å². The molecule has 2 rings (SSSR count). The predicted molar refractivity (Wildman–Crippen MR) is 96.5 cm³/mol. The third-order valence-electron chi connectivity index (χ3n) is 3.92. The highest BCUT2D eigenvalue weighted by molar-refractivity contribution is 7.89. The molecular weight excluding hydrogens is 357 g/mol. The lowest BCUT2D eigenvalue weighted by Crippen LogP contribution is -2.33. The Kier molecular flexibility index (Phi) is 6.50. The lowest BCUT2D eigenvalue weighted by Gasteiger charge is -2.16. The smallest absolute Gasteiger partial charge is 0.321 e. The highest BCUT2D eigenvalue weighted by Gasteiger charge is 2.23. The normalized spacial score (nSPS) is 11.8. The molecule has 0 bridgehead atoms. The zero-order chi connectivity index (χ0) is 19.3. The first-order valence-electron chi connectivity index (χ1n) is 8.16. The van der Waals surface area contributed by atoms with Crippen LogP contribution in [0.3, 0.4) is 0 Å². The van der Waals surface area contributed by atoms with Crippen molar-refractivity contribution in [2.45, 2.75) is 31.3 Å². The molecule has 0 aromatic heterocycles. The molecule has 0 unspecified atom stereocenters. The monoisotopic (exact) mass is 379 g/mol. The number of likely N-dealkylation sites (N-methyl/N-ethyl adjacent to an activating group) is 1. The molecule has 140 valence electrons. The highest BCUT2D eigenvalue weighted by atomic mass is 32.2. The van der Waals surface area contributed by atoms with Crippen LogP contribution in [0.4, 0.5) is 4.39 Å². The van der Waals surface area contributed by atoms with Crippen LogP contribution in [0.15, 0.2) is 53.4 Å². The van der Waals surface area contributed by atoms with Gasteiger partial charge in [-0.25, -0.2) is 12.8 Å². The maximum Gasteiger partial charge on any atom is 0.321 e. The van der Waals surface area contributed by atoms with Gasteiger partial charge in [0.25, 0.3) is 0 Å². The van der Waals surface area contributed by atoms with E-state index in [2.05, 4.69) is 13.8 Å². The Morgan fingerprint density at radius 3 is 2.19 bits per heavy atom. The minimum atomic E-state index is -3.88. The Morgan fingerprint density at radius 2 is 1.65 bits per heavy atom. The number of hydrogen-bond acceptors (Lipinski definition) is 4. The molecule has 0 amide bonds. The van der Waals surface area contributed by atoms with Gasteiger partial charge in [-0.1, -0.05) is 38.1 Å². The first-order chi connectivity index (χ1) is 12.2. The first kappa shape index (κ1) is 20.1. The Balaban J connectivity index is 1.93. The van der Waals surface area contributed by atoms with Crippen molar-refractivity contribution in [3.63, 3.8) is 0 Å². The summed E-state index contributed by atoms with van der Waals surface area (Å²) < 4.78 is 43.7. The molecule has 0 fully saturated rings. The molecule has 5 nitrogen and oxygen atoms in total. The van der Waals surface area contributed by atoms with Gasteiger partial charge in [0.1, 0.15) is 19.0 Å². The van der Waals surface area contributed by atoms with Gasteiger partial charge in [0.05, 0.1) is 4.90 Å². The predicted octanol–water partition coefficient (Wildman–Crippen LogP) is 3.31. The van der Waals surface area contributed by atoms with Gasteiger partial charge >= 0.3 is 5.97 Å². The van der Waals surface area contributed by atoms with Crippen molar-refractivity contribution in [3.8, 4) is 0 Å². The van der Waals surface area contributed by atoms with E-state index in [4.69, 9.17) is 4.74 Å². The molecule has 0 heterocycles. The molecule has 0 radical (unpaired) electrons. The Bertz CT molecular complexity index is 846. The summed E-state index contributed by atoms with van der Waals surface area (Å²) >= 11 is 0. The van der Waals surface area contributed by atoms with Crippen molar-refractivity contribution in [2.75, 3.05) is 13.6 Å². The van der Waals surface area contributed by atoms with Gasteiger partial charge in [0.15, 0.2) is 0 Å². The molecule has 0 atom stereocenters. The molecule has 0 aliphatic carbocycles. The molecule has 2 aromatic rings. The minimum Gasteiger partial charge on any atom is -0.460 e.